The first-order chi connectivity index (χ1) is 14.0. The maximum atomic E-state index is 12.6. The third kappa shape index (κ3) is 6.39. The number of nitrogens with one attached hydrogen (secondary N) is 1. The van der Waals surface area contributed by atoms with Crippen LogP contribution >= 0.6 is 0 Å². The Hall–Kier alpha value is -2.22. The van der Waals surface area contributed by atoms with Gasteiger partial charge in [-0.15, -0.1) is 0 Å². The van der Waals surface area contributed by atoms with Gasteiger partial charge in [0.15, 0.2) is 6.04 Å². The van der Waals surface area contributed by atoms with Gasteiger partial charge in [-0.2, -0.15) is 0 Å². The van der Waals surface area contributed by atoms with Gasteiger partial charge in [-0.25, -0.2) is 12.7 Å². The lowest BCUT2D eigenvalue weighted by atomic mass is 9.99. The molecule has 0 saturated carbocycles. The molecule has 3 N–H and O–H groups in total. The van der Waals surface area contributed by atoms with Gasteiger partial charge in [0.2, 0.25) is 10.0 Å². The molecule has 2 atom stereocenters. The number of nitrogens with zero attached hydrogens (tertiary/aromatic N) is 1. The van der Waals surface area contributed by atoms with E-state index in [0.29, 0.717) is 11.6 Å². The lowest BCUT2D eigenvalue weighted by Gasteiger charge is -2.18. The van der Waals surface area contributed by atoms with Crippen molar-refractivity contribution in [2.45, 2.75) is 51.1 Å². The summed E-state index contributed by atoms with van der Waals surface area (Å²) in [6.45, 7) is 8.33. The summed E-state index contributed by atoms with van der Waals surface area (Å²) in [6.07, 6.45) is 1.06. The number of sulfonamides is 1. The van der Waals surface area contributed by atoms with Crippen molar-refractivity contribution in [2.75, 3.05) is 19.4 Å². The molecule has 0 saturated heterocycles. The molecular formula is C23H34N3O3S+. The number of carbonyl (C=O) groups is 1. The first kappa shape index (κ1) is 24.1. The summed E-state index contributed by atoms with van der Waals surface area (Å²) in [7, 11) is -0.586. The van der Waals surface area contributed by atoms with Crippen LogP contribution in [0.5, 0.6) is 0 Å². The molecule has 1 amide bonds. The number of amides is 1. The SMILES string of the molecule is CC(C)Cc1ccc([C@@H](C)[NH2+][C@H](C)C(=O)Nc2cccc(S(=O)(=O)N(C)C)c2)cc1. The van der Waals surface area contributed by atoms with E-state index in [-0.39, 0.29) is 22.9 Å². The van der Waals surface area contributed by atoms with Crippen molar-refractivity contribution in [3.63, 3.8) is 0 Å². The molecule has 0 bridgehead atoms. The zero-order valence-corrected chi connectivity index (χ0v) is 19.5. The van der Waals surface area contributed by atoms with Gasteiger partial charge in [-0.05, 0) is 49.9 Å². The van der Waals surface area contributed by atoms with Gasteiger partial charge in [0.05, 0.1) is 4.90 Å². The van der Waals surface area contributed by atoms with Gasteiger partial charge in [-0.3, -0.25) is 4.79 Å². The fraction of sp³-hybridized carbons (Fsp3) is 0.435. The molecule has 0 unspecified atom stereocenters. The first-order valence-corrected chi connectivity index (χ1v) is 11.7. The molecule has 0 fully saturated rings. The summed E-state index contributed by atoms with van der Waals surface area (Å²) in [4.78, 5) is 12.8. The minimum absolute atomic E-state index is 0.124. The standard InChI is InChI=1S/C23H33N3O3S/c1-16(2)14-19-10-12-20(13-11-19)17(3)24-18(4)23(27)25-21-8-7-9-22(15-21)30(28,29)26(5)6/h7-13,15-18,24H,14H2,1-6H3,(H,25,27)/p+1/t17-,18-/m1/s1. The van der Waals surface area contributed by atoms with Crippen molar-refractivity contribution >= 4 is 21.6 Å². The predicted octanol–water partition coefficient (Wildman–Crippen LogP) is 2.79. The normalized spacial score (nSPS) is 14.0. The van der Waals surface area contributed by atoms with Crippen molar-refractivity contribution in [3.05, 3.63) is 59.7 Å². The number of hydrogen-bond donors (Lipinski definition) is 2. The van der Waals surface area contributed by atoms with Crippen LogP contribution in [0.2, 0.25) is 0 Å². The van der Waals surface area contributed by atoms with Gasteiger partial charge in [-0.1, -0.05) is 44.2 Å². The molecule has 0 heterocycles. The van der Waals surface area contributed by atoms with E-state index in [9.17, 15) is 13.2 Å². The minimum atomic E-state index is -3.55. The van der Waals surface area contributed by atoms with E-state index in [2.05, 4.69) is 50.4 Å². The van der Waals surface area contributed by atoms with Crippen molar-refractivity contribution in [1.82, 2.24) is 4.31 Å². The van der Waals surface area contributed by atoms with E-state index in [1.807, 2.05) is 12.2 Å². The van der Waals surface area contributed by atoms with Crippen molar-refractivity contribution in [2.24, 2.45) is 5.92 Å². The molecule has 30 heavy (non-hydrogen) atoms. The number of rotatable bonds is 9. The van der Waals surface area contributed by atoms with Crippen LogP contribution in [0, 0.1) is 5.92 Å². The fourth-order valence-corrected chi connectivity index (χ4v) is 4.21. The Morgan fingerprint density at radius 3 is 2.23 bits per heavy atom. The third-order valence-electron chi connectivity index (χ3n) is 5.02. The molecule has 0 aliphatic heterocycles. The third-order valence-corrected chi connectivity index (χ3v) is 6.83. The highest BCUT2D eigenvalue weighted by atomic mass is 32.2. The van der Waals surface area contributed by atoms with E-state index in [0.717, 1.165) is 10.7 Å². The van der Waals surface area contributed by atoms with Gasteiger partial charge in [0, 0.05) is 25.3 Å². The van der Waals surface area contributed by atoms with Crippen LogP contribution in [0.3, 0.4) is 0 Å². The van der Waals surface area contributed by atoms with Gasteiger partial charge >= 0.3 is 0 Å². The Morgan fingerprint density at radius 1 is 1.03 bits per heavy atom. The number of hydrogen-bond acceptors (Lipinski definition) is 3. The van der Waals surface area contributed by atoms with E-state index in [1.54, 1.807) is 12.1 Å². The maximum absolute atomic E-state index is 12.6. The zero-order chi connectivity index (χ0) is 22.5. The van der Waals surface area contributed by atoms with Gasteiger partial charge in [0.1, 0.15) is 6.04 Å². The first-order valence-electron chi connectivity index (χ1n) is 10.3. The number of benzene rings is 2. The second kappa shape index (κ2) is 10.2. The summed E-state index contributed by atoms with van der Waals surface area (Å²) < 4.78 is 25.7. The average molecular weight is 433 g/mol. The molecule has 0 aliphatic carbocycles. The molecule has 0 aliphatic rings. The van der Waals surface area contributed by atoms with Crippen LogP contribution in [0.1, 0.15) is 44.9 Å². The smallest absolute Gasteiger partial charge is 0.282 e. The number of carbonyl (C=O) groups excluding carboxylic acids is 1. The van der Waals surface area contributed by atoms with Crippen LogP contribution in [-0.4, -0.2) is 38.8 Å². The number of nitrogens with two attached hydrogens (primary N) is 1. The Morgan fingerprint density at radius 2 is 1.67 bits per heavy atom. The summed E-state index contributed by atoms with van der Waals surface area (Å²) in [5.41, 5.74) is 2.95. The number of quaternary nitrogens is 1. The molecule has 2 rings (SSSR count). The molecule has 6 nitrogen and oxygen atoms in total. The summed E-state index contributed by atoms with van der Waals surface area (Å²) in [5, 5.41) is 4.83. The van der Waals surface area contributed by atoms with Crippen LogP contribution < -0.4 is 10.6 Å². The summed E-state index contributed by atoms with van der Waals surface area (Å²) >= 11 is 0. The Kier molecular flexibility index (Phi) is 8.18. The monoisotopic (exact) mass is 432 g/mol. The minimum Gasteiger partial charge on any atom is -0.330 e. The molecule has 2 aromatic rings. The molecule has 0 aromatic heterocycles. The molecule has 0 spiro atoms. The van der Waals surface area contributed by atoms with E-state index in [1.165, 1.54) is 37.4 Å². The largest absolute Gasteiger partial charge is 0.330 e. The van der Waals surface area contributed by atoms with Gasteiger partial charge < -0.3 is 10.6 Å². The molecule has 7 heteroatoms. The Balaban J connectivity index is 2.01. The Labute approximate surface area is 180 Å². The van der Waals surface area contributed by atoms with E-state index in [4.69, 9.17) is 0 Å². The van der Waals surface area contributed by atoms with Crippen molar-refractivity contribution in [1.29, 1.82) is 0 Å². The molecule has 0 radical (unpaired) electrons. The summed E-state index contributed by atoms with van der Waals surface area (Å²) in [6, 6.07) is 14.7. The lowest BCUT2D eigenvalue weighted by molar-refractivity contribution is -0.709. The van der Waals surface area contributed by atoms with Crippen molar-refractivity contribution in [3.8, 4) is 0 Å². The van der Waals surface area contributed by atoms with Gasteiger partial charge in [0.25, 0.3) is 5.91 Å². The molecule has 2 aromatic carbocycles. The highest BCUT2D eigenvalue weighted by molar-refractivity contribution is 7.89. The van der Waals surface area contributed by atoms with Crippen LogP contribution in [0.4, 0.5) is 5.69 Å². The molecule has 164 valence electrons. The zero-order valence-electron chi connectivity index (χ0n) is 18.7. The topological polar surface area (TPSA) is 83.1 Å². The lowest BCUT2D eigenvalue weighted by Crippen LogP contribution is -2.91. The highest BCUT2D eigenvalue weighted by Gasteiger charge is 2.22. The molecular weight excluding hydrogens is 398 g/mol. The van der Waals surface area contributed by atoms with E-state index >= 15 is 0 Å². The second-order valence-corrected chi connectivity index (χ2v) is 10.6. The number of anilines is 1. The fourth-order valence-electron chi connectivity index (χ4n) is 3.26. The Bertz CT molecular complexity index is 954. The average Bonchev–Trinajstić information content (AvgIpc) is 2.68. The van der Waals surface area contributed by atoms with Crippen molar-refractivity contribution < 1.29 is 18.5 Å². The van der Waals surface area contributed by atoms with E-state index < -0.39 is 10.0 Å². The summed E-state index contributed by atoms with van der Waals surface area (Å²) in [5.74, 6) is 0.451. The highest BCUT2D eigenvalue weighted by Crippen LogP contribution is 2.18. The van der Waals surface area contributed by atoms with Crippen LogP contribution in [-0.2, 0) is 21.2 Å². The maximum Gasteiger partial charge on any atom is 0.282 e. The van der Waals surface area contributed by atoms with Crippen LogP contribution in [0.15, 0.2) is 53.4 Å². The predicted molar refractivity (Wildman–Crippen MR) is 121 cm³/mol. The quantitative estimate of drug-likeness (QED) is 0.639. The second-order valence-electron chi connectivity index (χ2n) is 8.41. The van der Waals surface area contributed by atoms with Crippen LogP contribution in [0.25, 0.3) is 0 Å².